The molecule has 0 aliphatic heterocycles. The van der Waals surface area contributed by atoms with Crippen molar-refractivity contribution >= 4 is 34.1 Å². The molecule has 0 atom stereocenters. The molecule has 94 valence electrons. The van der Waals surface area contributed by atoms with Crippen molar-refractivity contribution in [3.8, 4) is 0 Å². The van der Waals surface area contributed by atoms with Crippen LogP contribution < -0.4 is 5.73 Å². The Morgan fingerprint density at radius 3 is 2.89 bits per heavy atom. The Morgan fingerprint density at radius 1 is 1.50 bits per heavy atom. The number of thioether (sulfide) groups is 1. The number of aromatic nitrogens is 3. The van der Waals surface area contributed by atoms with Crippen LogP contribution in [0.2, 0.25) is 5.02 Å². The van der Waals surface area contributed by atoms with Gasteiger partial charge in [-0.15, -0.1) is 0 Å². The molecule has 6 heteroatoms. The Kier molecular flexibility index (Phi) is 3.93. The van der Waals surface area contributed by atoms with E-state index in [1.807, 2.05) is 26.0 Å². The quantitative estimate of drug-likeness (QED) is 0.845. The van der Waals surface area contributed by atoms with E-state index in [-0.39, 0.29) is 0 Å². The van der Waals surface area contributed by atoms with Gasteiger partial charge in [-0.3, -0.25) is 0 Å². The van der Waals surface area contributed by atoms with Crippen LogP contribution in [0.4, 0.5) is 5.82 Å². The normalized spacial score (nSPS) is 11.8. The summed E-state index contributed by atoms with van der Waals surface area (Å²) in [6.45, 7) is 3.92. The molecule has 0 spiro atoms. The molecule has 2 aromatic heterocycles. The molecule has 0 radical (unpaired) electrons. The van der Waals surface area contributed by atoms with Gasteiger partial charge in [0.05, 0.1) is 9.93 Å². The van der Waals surface area contributed by atoms with Crippen molar-refractivity contribution in [3.05, 3.63) is 41.1 Å². The van der Waals surface area contributed by atoms with Crippen molar-refractivity contribution in [1.82, 2.24) is 15.0 Å². The van der Waals surface area contributed by atoms with Crippen molar-refractivity contribution < 1.29 is 0 Å². The third-order valence-electron chi connectivity index (χ3n) is 2.30. The first-order valence-electron chi connectivity index (χ1n) is 5.38. The number of allylic oxidation sites excluding steroid dienone is 1. The van der Waals surface area contributed by atoms with E-state index in [2.05, 4.69) is 15.0 Å². The Labute approximate surface area is 115 Å². The molecule has 3 N–H and O–H groups in total. The number of aromatic amines is 1. The van der Waals surface area contributed by atoms with Crippen LogP contribution >= 0.6 is 23.4 Å². The lowest BCUT2D eigenvalue weighted by Crippen LogP contribution is -1.92. The van der Waals surface area contributed by atoms with E-state index in [4.69, 9.17) is 17.3 Å². The van der Waals surface area contributed by atoms with Crippen LogP contribution in [0, 0.1) is 6.92 Å². The van der Waals surface area contributed by atoms with Gasteiger partial charge in [0.1, 0.15) is 11.6 Å². The SMILES string of the molecule is C/C=C(\Sc1ccnc(N)c1Cl)c1ncc(C)[nH]1. The molecular weight excluding hydrogens is 268 g/mol. The lowest BCUT2D eigenvalue weighted by atomic mass is 10.4. The second-order valence-corrected chi connectivity index (χ2v) is 5.14. The van der Waals surface area contributed by atoms with Gasteiger partial charge in [-0.05, 0) is 19.9 Å². The van der Waals surface area contributed by atoms with Crippen LogP contribution in [0.15, 0.2) is 29.4 Å². The second-order valence-electron chi connectivity index (χ2n) is 3.68. The topological polar surface area (TPSA) is 67.6 Å². The maximum atomic E-state index is 6.12. The third-order valence-corrected chi connectivity index (χ3v) is 4.02. The first-order chi connectivity index (χ1) is 8.61. The molecule has 0 aliphatic carbocycles. The first kappa shape index (κ1) is 13.0. The van der Waals surface area contributed by atoms with Gasteiger partial charge in [-0.1, -0.05) is 29.4 Å². The van der Waals surface area contributed by atoms with Crippen molar-refractivity contribution in [3.63, 3.8) is 0 Å². The smallest absolute Gasteiger partial charge is 0.143 e. The Morgan fingerprint density at radius 2 is 2.28 bits per heavy atom. The summed E-state index contributed by atoms with van der Waals surface area (Å²) in [7, 11) is 0. The molecule has 2 rings (SSSR count). The Bertz CT molecular complexity index is 592. The second kappa shape index (κ2) is 5.46. The fourth-order valence-corrected chi connectivity index (χ4v) is 2.53. The summed E-state index contributed by atoms with van der Waals surface area (Å²) in [6.07, 6.45) is 5.42. The van der Waals surface area contributed by atoms with Crippen molar-refractivity contribution in [2.45, 2.75) is 18.7 Å². The number of nitrogens with two attached hydrogens (primary N) is 1. The van der Waals surface area contributed by atoms with Crippen molar-refractivity contribution in [1.29, 1.82) is 0 Å². The third kappa shape index (κ3) is 2.68. The van der Waals surface area contributed by atoms with Crippen LogP contribution in [-0.2, 0) is 0 Å². The molecule has 0 saturated carbocycles. The number of pyridine rings is 1. The summed E-state index contributed by atoms with van der Waals surface area (Å²) >= 11 is 7.63. The highest BCUT2D eigenvalue weighted by molar-refractivity contribution is 8.08. The number of imidazole rings is 1. The van der Waals surface area contributed by atoms with Crippen LogP contribution in [0.25, 0.3) is 4.91 Å². The minimum atomic E-state index is 0.341. The van der Waals surface area contributed by atoms with Gasteiger partial charge in [-0.2, -0.15) is 0 Å². The lowest BCUT2D eigenvalue weighted by molar-refractivity contribution is 1.21. The van der Waals surface area contributed by atoms with E-state index >= 15 is 0 Å². The van der Waals surface area contributed by atoms with Crippen molar-refractivity contribution in [2.24, 2.45) is 0 Å². The molecular formula is C12H13ClN4S. The van der Waals surface area contributed by atoms with Crippen LogP contribution in [0.5, 0.6) is 0 Å². The highest BCUT2D eigenvalue weighted by Crippen LogP contribution is 2.38. The highest BCUT2D eigenvalue weighted by atomic mass is 35.5. The van der Waals surface area contributed by atoms with E-state index in [9.17, 15) is 0 Å². The molecule has 0 amide bonds. The highest BCUT2D eigenvalue weighted by Gasteiger charge is 2.11. The van der Waals surface area contributed by atoms with E-state index < -0.39 is 0 Å². The summed E-state index contributed by atoms with van der Waals surface area (Å²) in [5.41, 5.74) is 6.70. The summed E-state index contributed by atoms with van der Waals surface area (Å²) in [5.74, 6) is 1.17. The average molecular weight is 281 g/mol. The fraction of sp³-hybridized carbons (Fsp3) is 0.167. The maximum absolute atomic E-state index is 6.12. The lowest BCUT2D eigenvalue weighted by Gasteiger charge is -2.07. The summed E-state index contributed by atoms with van der Waals surface area (Å²) in [5, 5.41) is 0.477. The van der Waals surface area contributed by atoms with Gasteiger partial charge in [-0.25, -0.2) is 9.97 Å². The van der Waals surface area contributed by atoms with Crippen LogP contribution in [0.3, 0.4) is 0 Å². The molecule has 0 aromatic carbocycles. The number of hydrogen-bond acceptors (Lipinski definition) is 4. The molecule has 2 aromatic rings. The van der Waals surface area contributed by atoms with Crippen LogP contribution in [0.1, 0.15) is 18.4 Å². The Balaban J connectivity index is 2.29. The molecule has 0 unspecified atom stereocenters. The minimum absolute atomic E-state index is 0.341. The number of halogens is 1. The number of nitrogens with zero attached hydrogens (tertiary/aromatic N) is 2. The van der Waals surface area contributed by atoms with E-state index in [0.29, 0.717) is 10.8 Å². The largest absolute Gasteiger partial charge is 0.382 e. The number of hydrogen-bond donors (Lipinski definition) is 2. The summed E-state index contributed by atoms with van der Waals surface area (Å²) in [4.78, 5) is 13.3. The van der Waals surface area contributed by atoms with Gasteiger partial charge < -0.3 is 10.7 Å². The number of nitrogen functional groups attached to an aromatic ring is 1. The van der Waals surface area contributed by atoms with E-state index in [1.165, 1.54) is 11.8 Å². The number of H-pyrrole nitrogens is 1. The standard InChI is InChI=1S/C12H13ClN4S/c1-3-8(12-16-6-7(2)17-12)18-9-4-5-15-11(14)10(9)13/h3-6H,1-2H3,(H2,14,15)(H,16,17)/b8-3-. The first-order valence-corrected chi connectivity index (χ1v) is 6.57. The molecule has 0 saturated heterocycles. The van der Waals surface area contributed by atoms with Crippen molar-refractivity contribution in [2.75, 3.05) is 5.73 Å². The van der Waals surface area contributed by atoms with E-state index in [0.717, 1.165) is 21.3 Å². The zero-order valence-electron chi connectivity index (χ0n) is 10.1. The minimum Gasteiger partial charge on any atom is -0.382 e. The molecule has 0 bridgehead atoms. The summed E-state index contributed by atoms with van der Waals surface area (Å²) < 4.78 is 0. The number of anilines is 1. The number of aryl methyl sites for hydroxylation is 1. The predicted octanol–water partition coefficient (Wildman–Crippen LogP) is 3.50. The monoisotopic (exact) mass is 280 g/mol. The zero-order chi connectivity index (χ0) is 13.1. The number of rotatable bonds is 3. The molecule has 2 heterocycles. The molecule has 0 aliphatic rings. The Hall–Kier alpha value is -1.46. The van der Waals surface area contributed by atoms with Gasteiger partial charge in [0.2, 0.25) is 0 Å². The number of nitrogens with one attached hydrogen (secondary N) is 1. The molecule has 4 nitrogen and oxygen atoms in total. The van der Waals surface area contributed by atoms with Gasteiger partial charge in [0, 0.05) is 23.0 Å². The predicted molar refractivity (Wildman–Crippen MR) is 76.5 cm³/mol. The fourth-order valence-electron chi connectivity index (χ4n) is 1.42. The molecule has 0 fully saturated rings. The maximum Gasteiger partial charge on any atom is 0.143 e. The van der Waals surface area contributed by atoms with E-state index in [1.54, 1.807) is 12.4 Å². The van der Waals surface area contributed by atoms with Gasteiger partial charge in [0.15, 0.2) is 0 Å². The summed E-state index contributed by atoms with van der Waals surface area (Å²) in [6, 6.07) is 1.84. The van der Waals surface area contributed by atoms with Gasteiger partial charge >= 0.3 is 0 Å². The zero-order valence-corrected chi connectivity index (χ0v) is 11.6. The van der Waals surface area contributed by atoms with Crippen LogP contribution in [-0.4, -0.2) is 15.0 Å². The average Bonchev–Trinajstić information content (AvgIpc) is 2.78. The van der Waals surface area contributed by atoms with Gasteiger partial charge in [0.25, 0.3) is 0 Å². The molecule has 18 heavy (non-hydrogen) atoms.